The molecule has 1 aliphatic carbocycles. The summed E-state index contributed by atoms with van der Waals surface area (Å²) in [5.74, 6) is 0.681. The van der Waals surface area contributed by atoms with Crippen LogP contribution < -0.4 is 10.6 Å². The molecule has 0 aliphatic heterocycles. The van der Waals surface area contributed by atoms with Crippen LogP contribution in [0.15, 0.2) is 22.8 Å². The molecular formula is C11H14BrN5. The van der Waals surface area contributed by atoms with Crippen molar-refractivity contribution < 1.29 is 0 Å². The van der Waals surface area contributed by atoms with Crippen molar-refractivity contribution in [1.29, 1.82) is 0 Å². The number of halogens is 1. The molecule has 0 radical (unpaired) electrons. The monoisotopic (exact) mass is 295 g/mol. The molecule has 90 valence electrons. The number of pyridine rings is 1. The molecule has 2 heterocycles. The second-order valence-corrected chi connectivity index (χ2v) is 5.16. The zero-order valence-electron chi connectivity index (χ0n) is 9.36. The standard InChI is InChI=1S/C11H14BrN5/c12-8-1-4-10-15-11(16-17(10)7-8)14-6-5-13-9-2-3-9/h1,4,7,9,13H,2-3,5-6H2,(H,14,16). The molecule has 17 heavy (non-hydrogen) atoms. The highest BCUT2D eigenvalue weighted by Crippen LogP contribution is 2.18. The summed E-state index contributed by atoms with van der Waals surface area (Å²) >= 11 is 3.41. The van der Waals surface area contributed by atoms with Gasteiger partial charge in [-0.15, -0.1) is 5.10 Å². The van der Waals surface area contributed by atoms with E-state index in [1.165, 1.54) is 12.8 Å². The van der Waals surface area contributed by atoms with Gasteiger partial charge >= 0.3 is 0 Å². The molecule has 2 aromatic rings. The van der Waals surface area contributed by atoms with Crippen LogP contribution in [0.4, 0.5) is 5.95 Å². The van der Waals surface area contributed by atoms with Crippen molar-refractivity contribution in [3.05, 3.63) is 22.8 Å². The van der Waals surface area contributed by atoms with Crippen LogP contribution in [0.3, 0.4) is 0 Å². The van der Waals surface area contributed by atoms with E-state index in [1.807, 2.05) is 18.3 Å². The fourth-order valence-corrected chi connectivity index (χ4v) is 2.00. The van der Waals surface area contributed by atoms with Gasteiger partial charge in [-0.25, -0.2) is 4.52 Å². The summed E-state index contributed by atoms with van der Waals surface area (Å²) in [6.45, 7) is 1.82. The Hall–Kier alpha value is -1.14. The van der Waals surface area contributed by atoms with E-state index < -0.39 is 0 Å². The van der Waals surface area contributed by atoms with E-state index in [0.29, 0.717) is 5.95 Å². The third-order valence-electron chi connectivity index (χ3n) is 2.71. The Morgan fingerprint density at radius 3 is 3.06 bits per heavy atom. The summed E-state index contributed by atoms with van der Waals surface area (Å²) in [5, 5.41) is 11.0. The zero-order chi connectivity index (χ0) is 11.7. The number of aromatic nitrogens is 3. The van der Waals surface area contributed by atoms with Crippen molar-refractivity contribution in [2.75, 3.05) is 18.4 Å². The van der Waals surface area contributed by atoms with Gasteiger partial charge in [-0.3, -0.25) is 0 Å². The third-order valence-corrected chi connectivity index (χ3v) is 3.18. The third kappa shape index (κ3) is 2.76. The largest absolute Gasteiger partial charge is 0.352 e. The highest BCUT2D eigenvalue weighted by atomic mass is 79.9. The maximum atomic E-state index is 4.38. The number of nitrogens with zero attached hydrogens (tertiary/aromatic N) is 3. The summed E-state index contributed by atoms with van der Waals surface area (Å²) in [5.41, 5.74) is 0.853. The van der Waals surface area contributed by atoms with Crippen LogP contribution in [-0.2, 0) is 0 Å². The van der Waals surface area contributed by atoms with Gasteiger partial charge in [0.1, 0.15) is 0 Å². The van der Waals surface area contributed by atoms with E-state index in [4.69, 9.17) is 0 Å². The lowest BCUT2D eigenvalue weighted by molar-refractivity contribution is 0.699. The zero-order valence-corrected chi connectivity index (χ0v) is 10.9. The number of hydrogen-bond acceptors (Lipinski definition) is 4. The van der Waals surface area contributed by atoms with Crippen LogP contribution in [0, 0.1) is 0 Å². The molecule has 2 N–H and O–H groups in total. The minimum Gasteiger partial charge on any atom is -0.352 e. The number of anilines is 1. The van der Waals surface area contributed by atoms with E-state index in [9.17, 15) is 0 Å². The van der Waals surface area contributed by atoms with Crippen molar-refractivity contribution in [2.24, 2.45) is 0 Å². The van der Waals surface area contributed by atoms with Gasteiger partial charge in [0.15, 0.2) is 5.65 Å². The predicted octanol–water partition coefficient (Wildman–Crippen LogP) is 1.66. The molecule has 0 amide bonds. The van der Waals surface area contributed by atoms with Gasteiger partial charge in [0.05, 0.1) is 0 Å². The maximum Gasteiger partial charge on any atom is 0.243 e. The predicted molar refractivity (Wildman–Crippen MR) is 70.2 cm³/mol. The second kappa shape index (κ2) is 4.62. The Bertz CT molecular complexity index is 520. The van der Waals surface area contributed by atoms with Gasteiger partial charge in [0.25, 0.3) is 0 Å². The van der Waals surface area contributed by atoms with Crippen LogP contribution in [0.1, 0.15) is 12.8 Å². The molecule has 0 saturated heterocycles. The minimum atomic E-state index is 0.681. The van der Waals surface area contributed by atoms with Crippen molar-refractivity contribution >= 4 is 27.5 Å². The van der Waals surface area contributed by atoms with Gasteiger partial charge < -0.3 is 10.6 Å². The fraction of sp³-hybridized carbons (Fsp3) is 0.455. The summed E-state index contributed by atoms with van der Waals surface area (Å²) in [6.07, 6.45) is 4.54. The summed E-state index contributed by atoms with van der Waals surface area (Å²) in [4.78, 5) is 4.38. The summed E-state index contributed by atoms with van der Waals surface area (Å²) in [7, 11) is 0. The highest BCUT2D eigenvalue weighted by Gasteiger charge is 2.19. The van der Waals surface area contributed by atoms with Crippen LogP contribution >= 0.6 is 15.9 Å². The summed E-state index contributed by atoms with van der Waals surface area (Å²) in [6, 6.07) is 4.65. The van der Waals surface area contributed by atoms with Crippen molar-refractivity contribution in [1.82, 2.24) is 19.9 Å². The Morgan fingerprint density at radius 2 is 2.24 bits per heavy atom. The van der Waals surface area contributed by atoms with Gasteiger partial charge in [-0.2, -0.15) is 4.98 Å². The van der Waals surface area contributed by atoms with Gasteiger partial charge in [0, 0.05) is 29.8 Å². The molecule has 0 aromatic carbocycles. The molecule has 1 saturated carbocycles. The smallest absolute Gasteiger partial charge is 0.243 e. The molecule has 6 heteroatoms. The molecule has 1 fully saturated rings. The first-order valence-electron chi connectivity index (χ1n) is 5.80. The Labute approximate surface area is 108 Å². The van der Waals surface area contributed by atoms with Crippen LogP contribution in [-0.4, -0.2) is 33.7 Å². The van der Waals surface area contributed by atoms with E-state index in [2.05, 4.69) is 36.6 Å². The van der Waals surface area contributed by atoms with Crippen LogP contribution in [0.5, 0.6) is 0 Å². The Kier molecular flexibility index (Phi) is 2.98. The van der Waals surface area contributed by atoms with Gasteiger partial charge in [-0.1, -0.05) is 0 Å². The van der Waals surface area contributed by atoms with Crippen molar-refractivity contribution in [3.63, 3.8) is 0 Å². The molecule has 3 rings (SSSR count). The first kappa shape index (κ1) is 11.0. The lowest BCUT2D eigenvalue weighted by Gasteiger charge is -2.02. The first-order valence-corrected chi connectivity index (χ1v) is 6.60. The lowest BCUT2D eigenvalue weighted by atomic mass is 10.5. The van der Waals surface area contributed by atoms with E-state index in [-0.39, 0.29) is 0 Å². The van der Waals surface area contributed by atoms with Gasteiger partial charge in [-0.05, 0) is 40.9 Å². The van der Waals surface area contributed by atoms with E-state index in [0.717, 1.165) is 29.3 Å². The quantitative estimate of drug-likeness (QED) is 0.824. The molecule has 1 aliphatic rings. The topological polar surface area (TPSA) is 54.2 Å². The van der Waals surface area contributed by atoms with Crippen LogP contribution in [0.25, 0.3) is 5.65 Å². The van der Waals surface area contributed by atoms with Crippen molar-refractivity contribution in [2.45, 2.75) is 18.9 Å². The number of fused-ring (bicyclic) bond motifs is 1. The lowest BCUT2D eigenvalue weighted by Crippen LogP contribution is -2.24. The fourth-order valence-electron chi connectivity index (χ4n) is 1.67. The van der Waals surface area contributed by atoms with E-state index in [1.54, 1.807) is 4.52 Å². The summed E-state index contributed by atoms with van der Waals surface area (Å²) < 4.78 is 2.76. The Morgan fingerprint density at radius 1 is 1.35 bits per heavy atom. The molecular weight excluding hydrogens is 282 g/mol. The maximum absolute atomic E-state index is 4.38. The van der Waals surface area contributed by atoms with Gasteiger partial charge in [0.2, 0.25) is 5.95 Å². The molecule has 0 spiro atoms. The number of rotatable bonds is 5. The average Bonchev–Trinajstić information content (AvgIpc) is 3.04. The number of nitrogens with one attached hydrogen (secondary N) is 2. The van der Waals surface area contributed by atoms with Crippen molar-refractivity contribution in [3.8, 4) is 0 Å². The Balaban J connectivity index is 1.60. The first-order chi connectivity index (χ1) is 8.31. The molecule has 2 aromatic heterocycles. The minimum absolute atomic E-state index is 0.681. The molecule has 5 nitrogen and oxygen atoms in total. The van der Waals surface area contributed by atoms with Crippen LogP contribution in [0.2, 0.25) is 0 Å². The molecule has 0 atom stereocenters. The SMILES string of the molecule is Brc1ccc2nc(NCCNC3CC3)nn2c1. The number of hydrogen-bond donors (Lipinski definition) is 2. The normalized spacial score (nSPS) is 15.4. The molecule has 0 unspecified atom stereocenters. The average molecular weight is 296 g/mol. The molecule has 0 bridgehead atoms. The highest BCUT2D eigenvalue weighted by molar-refractivity contribution is 9.10. The van der Waals surface area contributed by atoms with E-state index >= 15 is 0 Å². The second-order valence-electron chi connectivity index (χ2n) is 4.24.